The maximum absolute atomic E-state index is 13.3. The minimum absolute atomic E-state index is 0.0173. The zero-order valence-corrected chi connectivity index (χ0v) is 26.6. The Bertz CT molecular complexity index is 1320. The molecular weight excluding hydrogens is 583 g/mol. The van der Waals surface area contributed by atoms with Crippen LogP contribution < -0.4 is 5.32 Å². The van der Waals surface area contributed by atoms with Crippen molar-refractivity contribution in [1.29, 1.82) is 0 Å². The minimum atomic E-state index is -4.14. The van der Waals surface area contributed by atoms with Gasteiger partial charge in [0.2, 0.25) is 10.0 Å². The highest BCUT2D eigenvalue weighted by Crippen LogP contribution is 2.38. The highest BCUT2D eigenvalue weighted by atomic mass is 32.2. The van der Waals surface area contributed by atoms with Gasteiger partial charge in [-0.25, -0.2) is 17.7 Å². The number of nitrogens with one attached hydrogen (secondary N) is 1. The fraction of sp³-hybridized carbons (Fsp3) is 0.700. The zero-order chi connectivity index (χ0) is 31.7. The lowest BCUT2D eigenvalue weighted by atomic mass is 9.79. The summed E-state index contributed by atoms with van der Waals surface area (Å²) >= 11 is 0. The van der Waals surface area contributed by atoms with Crippen LogP contribution in [-0.2, 0) is 21.2 Å². The van der Waals surface area contributed by atoms with Gasteiger partial charge in [-0.15, -0.1) is 0 Å². The van der Waals surface area contributed by atoms with E-state index in [-0.39, 0.29) is 61.8 Å². The molecule has 0 bridgehead atoms. The van der Waals surface area contributed by atoms with E-state index < -0.39 is 28.2 Å². The second-order valence-electron chi connectivity index (χ2n) is 12.6. The summed E-state index contributed by atoms with van der Waals surface area (Å²) in [4.78, 5) is 30.6. The van der Waals surface area contributed by atoms with Crippen LogP contribution in [-0.4, -0.2) is 92.1 Å². The number of piperidine rings is 1. The number of hydrogen-bond donors (Lipinski definition) is 1. The molecule has 0 atom stereocenters. The molecule has 1 spiro atoms. The van der Waals surface area contributed by atoms with Crippen molar-refractivity contribution >= 4 is 27.7 Å². The quantitative estimate of drug-likeness (QED) is 0.413. The van der Waals surface area contributed by atoms with Crippen LogP contribution in [0, 0.1) is 25.7 Å². The van der Waals surface area contributed by atoms with Gasteiger partial charge in [0.1, 0.15) is 11.4 Å². The lowest BCUT2D eigenvalue weighted by molar-refractivity contribution is -0.138. The Morgan fingerprint density at radius 3 is 2.19 bits per heavy atom. The van der Waals surface area contributed by atoms with Gasteiger partial charge in [-0.2, -0.15) is 13.2 Å². The van der Waals surface area contributed by atoms with Crippen molar-refractivity contribution in [2.75, 3.05) is 40.0 Å². The molecule has 2 fully saturated rings. The summed E-state index contributed by atoms with van der Waals surface area (Å²) in [5, 5.41) is 6.12. The summed E-state index contributed by atoms with van der Waals surface area (Å²) in [5.41, 5.74) is 2.19. The highest BCUT2D eigenvalue weighted by molar-refractivity contribution is 7.89. The van der Waals surface area contributed by atoms with E-state index in [0.29, 0.717) is 43.5 Å². The molecule has 1 aliphatic carbocycles. The average molecular weight is 628 g/mol. The van der Waals surface area contributed by atoms with Crippen LogP contribution in [0.2, 0.25) is 0 Å². The Morgan fingerprint density at radius 1 is 1.07 bits per heavy atom. The molecule has 240 valence electrons. The number of nitrogens with zero attached hydrogens (tertiary/aromatic N) is 4. The number of alkyl halides is 3. The van der Waals surface area contributed by atoms with Crippen LogP contribution in [0.1, 0.15) is 78.4 Å². The number of halogens is 3. The Kier molecular flexibility index (Phi) is 9.97. The SMILES string of the molecule is Cc1cc(C(=O)N(C)N(C)C)cc(C)c1CCS(=O)(=O)N1CCC2(CC1)N=C(C1CCC(CCC(F)(F)F)CC1)NC2=O. The van der Waals surface area contributed by atoms with E-state index in [2.05, 4.69) is 5.32 Å². The smallest absolute Gasteiger partial charge is 0.312 e. The van der Waals surface area contributed by atoms with Crippen LogP contribution in [0.5, 0.6) is 0 Å². The molecule has 1 saturated carbocycles. The molecule has 0 radical (unpaired) electrons. The predicted octanol–water partition coefficient (Wildman–Crippen LogP) is 4.24. The Morgan fingerprint density at radius 2 is 1.65 bits per heavy atom. The number of carbonyl (C=O) groups excluding carboxylic acids is 2. The average Bonchev–Trinajstić information content (AvgIpc) is 3.25. The first kappa shape index (κ1) is 33.4. The van der Waals surface area contributed by atoms with Crippen LogP contribution in [0.25, 0.3) is 0 Å². The van der Waals surface area contributed by atoms with Gasteiger partial charge >= 0.3 is 6.18 Å². The third kappa shape index (κ3) is 7.78. The van der Waals surface area contributed by atoms with Crippen molar-refractivity contribution in [3.63, 3.8) is 0 Å². The number of carbonyl (C=O) groups is 2. The molecule has 0 unspecified atom stereocenters. The Labute approximate surface area is 252 Å². The first-order chi connectivity index (χ1) is 20.0. The molecule has 2 amide bonds. The summed E-state index contributed by atoms with van der Waals surface area (Å²) < 4.78 is 65.9. The lowest BCUT2D eigenvalue weighted by Crippen LogP contribution is -2.51. The number of aliphatic imine (C=N–C) groups is 1. The van der Waals surface area contributed by atoms with Gasteiger partial charge in [0.15, 0.2) is 0 Å². The van der Waals surface area contributed by atoms with Gasteiger partial charge in [-0.1, -0.05) is 0 Å². The molecule has 13 heteroatoms. The molecule has 43 heavy (non-hydrogen) atoms. The molecule has 1 aromatic carbocycles. The van der Waals surface area contributed by atoms with E-state index >= 15 is 0 Å². The van der Waals surface area contributed by atoms with Crippen LogP contribution in [0.15, 0.2) is 17.1 Å². The van der Waals surface area contributed by atoms with Gasteiger partial charge in [-0.05, 0) is 100.0 Å². The molecule has 1 aromatic rings. The number of rotatable bonds is 9. The van der Waals surface area contributed by atoms with Crippen molar-refractivity contribution in [2.24, 2.45) is 16.8 Å². The summed E-state index contributed by atoms with van der Waals surface area (Å²) in [6.45, 7) is 4.16. The summed E-state index contributed by atoms with van der Waals surface area (Å²) in [7, 11) is 1.66. The van der Waals surface area contributed by atoms with Crippen molar-refractivity contribution in [2.45, 2.75) is 83.4 Å². The van der Waals surface area contributed by atoms with E-state index in [1.165, 1.54) is 9.31 Å². The van der Waals surface area contributed by atoms with Crippen molar-refractivity contribution in [1.82, 2.24) is 19.6 Å². The monoisotopic (exact) mass is 627 g/mol. The summed E-state index contributed by atoms with van der Waals surface area (Å²) in [6, 6.07) is 3.59. The van der Waals surface area contributed by atoms with Gasteiger partial charge in [0.05, 0.1) is 5.75 Å². The molecule has 1 saturated heterocycles. The van der Waals surface area contributed by atoms with Gasteiger partial charge in [-0.3, -0.25) is 19.6 Å². The number of amidine groups is 1. The Hall–Kier alpha value is -2.51. The maximum atomic E-state index is 13.3. The second-order valence-corrected chi connectivity index (χ2v) is 14.7. The lowest BCUT2D eigenvalue weighted by Gasteiger charge is -2.35. The minimum Gasteiger partial charge on any atom is -0.312 e. The molecule has 9 nitrogen and oxygen atoms in total. The predicted molar refractivity (Wildman–Crippen MR) is 159 cm³/mol. The number of benzene rings is 1. The summed E-state index contributed by atoms with van der Waals surface area (Å²) in [6.07, 6.45) is -1.12. The van der Waals surface area contributed by atoms with E-state index in [9.17, 15) is 31.2 Å². The van der Waals surface area contributed by atoms with Crippen LogP contribution in [0.3, 0.4) is 0 Å². The van der Waals surface area contributed by atoms with E-state index in [4.69, 9.17) is 4.99 Å². The van der Waals surface area contributed by atoms with Gasteiger partial charge in [0, 0.05) is 52.1 Å². The van der Waals surface area contributed by atoms with E-state index in [0.717, 1.165) is 16.7 Å². The molecule has 3 aliphatic rings. The Balaban J connectivity index is 1.33. The number of hydrazine groups is 1. The van der Waals surface area contributed by atoms with E-state index in [1.54, 1.807) is 38.3 Å². The number of sulfonamides is 1. The largest absolute Gasteiger partial charge is 0.389 e. The van der Waals surface area contributed by atoms with Gasteiger partial charge in [0.25, 0.3) is 11.8 Å². The van der Waals surface area contributed by atoms with Crippen molar-refractivity contribution < 1.29 is 31.2 Å². The molecule has 1 N–H and O–H groups in total. The fourth-order valence-electron chi connectivity index (χ4n) is 6.54. The number of amides is 2. The standard InChI is InChI=1S/C30H44F3N5O4S/c1-20-18-24(27(39)37(5)36(3)4)19-21(2)25(20)11-17-43(41,42)38-15-13-29(14-16-38)28(40)34-26(35-29)23-8-6-22(7-9-23)10-12-30(31,32)33/h18-19,22-23H,6-17H2,1-5H3,(H,34,35,40). The first-order valence-electron chi connectivity index (χ1n) is 15.0. The molecule has 2 aliphatic heterocycles. The van der Waals surface area contributed by atoms with Crippen LogP contribution >= 0.6 is 0 Å². The maximum Gasteiger partial charge on any atom is 0.389 e. The van der Waals surface area contributed by atoms with Gasteiger partial charge < -0.3 is 5.32 Å². The third-order valence-electron chi connectivity index (χ3n) is 9.46. The topological polar surface area (TPSA) is 102 Å². The second kappa shape index (κ2) is 12.8. The van der Waals surface area contributed by atoms with Crippen LogP contribution in [0.4, 0.5) is 13.2 Å². The fourth-order valence-corrected chi connectivity index (χ4v) is 8.00. The van der Waals surface area contributed by atoms with Crippen molar-refractivity contribution in [3.8, 4) is 0 Å². The van der Waals surface area contributed by atoms with E-state index in [1.807, 2.05) is 13.8 Å². The molecule has 4 rings (SSSR count). The zero-order valence-electron chi connectivity index (χ0n) is 25.8. The summed E-state index contributed by atoms with van der Waals surface area (Å²) in [5.74, 6) is 0.234. The highest BCUT2D eigenvalue weighted by Gasteiger charge is 2.48. The number of aryl methyl sites for hydroxylation is 2. The molecule has 0 aromatic heterocycles. The number of hydrogen-bond acceptors (Lipinski definition) is 6. The first-order valence-corrected chi connectivity index (χ1v) is 16.6. The third-order valence-corrected chi connectivity index (χ3v) is 11.3. The molecular formula is C30H44F3N5O4S. The normalized spacial score (nSPS) is 23.0. The molecule has 2 heterocycles. The van der Waals surface area contributed by atoms with Crippen molar-refractivity contribution in [3.05, 3.63) is 34.4 Å².